The quantitative estimate of drug-likeness (QED) is 0.777. The Morgan fingerprint density at radius 2 is 2.00 bits per heavy atom. The minimum absolute atomic E-state index is 0.789. The van der Waals surface area contributed by atoms with Crippen molar-refractivity contribution >= 4 is 5.69 Å². The van der Waals surface area contributed by atoms with Crippen molar-refractivity contribution < 1.29 is 4.74 Å². The van der Waals surface area contributed by atoms with Crippen LogP contribution in [-0.4, -0.2) is 45.2 Å². The lowest BCUT2D eigenvalue weighted by Gasteiger charge is -2.16. The highest BCUT2D eigenvalue weighted by molar-refractivity contribution is 5.49. The van der Waals surface area contributed by atoms with E-state index >= 15 is 0 Å². The summed E-state index contributed by atoms with van der Waals surface area (Å²) in [4.78, 5) is 4.56. The third-order valence-corrected chi connectivity index (χ3v) is 3.21. The molecule has 94 valence electrons. The predicted molar refractivity (Wildman–Crippen MR) is 71.9 cm³/mol. The fraction of sp³-hybridized carbons (Fsp3) is 0.571. The summed E-state index contributed by atoms with van der Waals surface area (Å²) in [5.41, 5.74) is 1.18. The number of ether oxygens (including phenoxy) is 1. The summed E-state index contributed by atoms with van der Waals surface area (Å²) in [6.07, 6.45) is 2.69. The second-order valence-electron chi connectivity index (χ2n) is 4.79. The van der Waals surface area contributed by atoms with Gasteiger partial charge in [-0.25, -0.2) is 0 Å². The Balaban J connectivity index is 1.79. The molecule has 3 heteroatoms. The number of likely N-dealkylation sites (tertiary alicyclic amines) is 1. The van der Waals surface area contributed by atoms with E-state index in [2.05, 4.69) is 21.9 Å². The van der Waals surface area contributed by atoms with E-state index in [1.807, 2.05) is 26.2 Å². The SMILES string of the molecule is CN(C)c1cccc(OCCN2CCCC2)c1. The zero-order valence-corrected chi connectivity index (χ0v) is 10.9. The molecule has 0 bridgehead atoms. The minimum atomic E-state index is 0.789. The molecule has 1 aliphatic heterocycles. The van der Waals surface area contributed by atoms with E-state index in [1.165, 1.54) is 31.6 Å². The van der Waals surface area contributed by atoms with Gasteiger partial charge >= 0.3 is 0 Å². The Morgan fingerprint density at radius 1 is 1.24 bits per heavy atom. The second kappa shape index (κ2) is 5.92. The maximum atomic E-state index is 5.79. The molecule has 0 radical (unpaired) electrons. The average Bonchev–Trinajstić information content (AvgIpc) is 2.82. The van der Waals surface area contributed by atoms with Gasteiger partial charge in [-0.3, -0.25) is 4.90 Å². The van der Waals surface area contributed by atoms with E-state index in [4.69, 9.17) is 4.74 Å². The smallest absolute Gasteiger partial charge is 0.121 e. The minimum Gasteiger partial charge on any atom is -0.492 e. The zero-order valence-electron chi connectivity index (χ0n) is 10.9. The molecule has 0 atom stereocenters. The van der Waals surface area contributed by atoms with Crippen molar-refractivity contribution in [1.29, 1.82) is 0 Å². The van der Waals surface area contributed by atoms with E-state index in [0.717, 1.165) is 18.9 Å². The molecule has 0 spiro atoms. The first-order chi connectivity index (χ1) is 8.25. The third-order valence-electron chi connectivity index (χ3n) is 3.21. The fourth-order valence-electron chi connectivity index (χ4n) is 2.15. The van der Waals surface area contributed by atoms with E-state index < -0.39 is 0 Å². The largest absolute Gasteiger partial charge is 0.492 e. The van der Waals surface area contributed by atoms with E-state index in [0.29, 0.717) is 0 Å². The number of nitrogens with zero attached hydrogens (tertiary/aromatic N) is 2. The van der Waals surface area contributed by atoms with Gasteiger partial charge in [-0.2, -0.15) is 0 Å². The first-order valence-corrected chi connectivity index (χ1v) is 6.38. The molecule has 1 aromatic carbocycles. The van der Waals surface area contributed by atoms with Gasteiger partial charge in [0.05, 0.1) is 0 Å². The molecule has 0 aliphatic carbocycles. The number of anilines is 1. The third kappa shape index (κ3) is 3.63. The van der Waals surface area contributed by atoms with Crippen LogP contribution in [0.1, 0.15) is 12.8 Å². The van der Waals surface area contributed by atoms with Gasteiger partial charge < -0.3 is 9.64 Å². The summed E-state index contributed by atoms with van der Waals surface area (Å²) in [6, 6.07) is 8.24. The maximum Gasteiger partial charge on any atom is 0.121 e. The molecule has 1 fully saturated rings. The summed E-state index contributed by atoms with van der Waals surface area (Å²) in [5.74, 6) is 0.968. The van der Waals surface area contributed by atoms with Crippen molar-refractivity contribution in [1.82, 2.24) is 4.90 Å². The van der Waals surface area contributed by atoms with Crippen molar-refractivity contribution in [3.8, 4) is 5.75 Å². The van der Waals surface area contributed by atoms with Gasteiger partial charge in [-0.05, 0) is 38.1 Å². The molecule has 1 saturated heterocycles. The van der Waals surface area contributed by atoms with Gasteiger partial charge in [0, 0.05) is 32.4 Å². The lowest BCUT2D eigenvalue weighted by Crippen LogP contribution is -2.25. The molecule has 1 aliphatic rings. The van der Waals surface area contributed by atoms with Gasteiger partial charge in [0.25, 0.3) is 0 Å². The van der Waals surface area contributed by atoms with Crippen molar-refractivity contribution in [2.24, 2.45) is 0 Å². The summed E-state index contributed by atoms with van der Waals surface area (Å²) in [6.45, 7) is 4.31. The molecule has 17 heavy (non-hydrogen) atoms. The summed E-state index contributed by atoms with van der Waals surface area (Å²) in [7, 11) is 4.09. The van der Waals surface area contributed by atoms with Gasteiger partial charge in [0.2, 0.25) is 0 Å². The van der Waals surface area contributed by atoms with Gasteiger partial charge in [0.1, 0.15) is 12.4 Å². The standard InChI is InChI=1S/C14H22N2O/c1-15(2)13-6-5-7-14(12-13)17-11-10-16-8-3-4-9-16/h5-7,12H,3-4,8-11H2,1-2H3. The number of benzene rings is 1. The number of hydrogen-bond donors (Lipinski definition) is 0. The highest BCUT2D eigenvalue weighted by Crippen LogP contribution is 2.19. The summed E-state index contributed by atoms with van der Waals surface area (Å²) >= 11 is 0. The van der Waals surface area contributed by atoms with Crippen LogP contribution in [-0.2, 0) is 0 Å². The van der Waals surface area contributed by atoms with Crippen LogP contribution in [0, 0.1) is 0 Å². The Labute approximate surface area is 104 Å². The van der Waals surface area contributed by atoms with Crippen LogP contribution in [0.5, 0.6) is 5.75 Å². The number of rotatable bonds is 5. The van der Waals surface area contributed by atoms with Crippen LogP contribution in [0.25, 0.3) is 0 Å². The topological polar surface area (TPSA) is 15.7 Å². The molecule has 0 aromatic heterocycles. The van der Waals surface area contributed by atoms with Crippen LogP contribution in [0.2, 0.25) is 0 Å². The van der Waals surface area contributed by atoms with Gasteiger partial charge in [-0.1, -0.05) is 6.07 Å². The van der Waals surface area contributed by atoms with Gasteiger partial charge in [0.15, 0.2) is 0 Å². The first kappa shape index (κ1) is 12.2. The molecular weight excluding hydrogens is 212 g/mol. The molecule has 0 amide bonds. The molecule has 2 rings (SSSR count). The highest BCUT2D eigenvalue weighted by Gasteiger charge is 2.10. The van der Waals surface area contributed by atoms with Crippen LogP contribution in [0.4, 0.5) is 5.69 Å². The second-order valence-corrected chi connectivity index (χ2v) is 4.79. The molecule has 0 unspecified atom stereocenters. The molecular formula is C14H22N2O. The van der Waals surface area contributed by atoms with E-state index in [-0.39, 0.29) is 0 Å². The Morgan fingerprint density at radius 3 is 2.71 bits per heavy atom. The Hall–Kier alpha value is -1.22. The number of hydrogen-bond acceptors (Lipinski definition) is 3. The van der Waals surface area contributed by atoms with Crippen molar-refractivity contribution in [2.75, 3.05) is 45.2 Å². The van der Waals surface area contributed by atoms with Crippen molar-refractivity contribution in [3.63, 3.8) is 0 Å². The zero-order chi connectivity index (χ0) is 12.1. The maximum absolute atomic E-state index is 5.79. The lowest BCUT2D eigenvalue weighted by molar-refractivity contribution is 0.238. The Bertz CT molecular complexity index is 346. The predicted octanol–water partition coefficient (Wildman–Crippen LogP) is 2.23. The van der Waals surface area contributed by atoms with Crippen LogP contribution in [0.3, 0.4) is 0 Å². The van der Waals surface area contributed by atoms with Crippen molar-refractivity contribution in [2.45, 2.75) is 12.8 Å². The van der Waals surface area contributed by atoms with Crippen LogP contribution >= 0.6 is 0 Å². The molecule has 0 saturated carbocycles. The molecule has 1 heterocycles. The Kier molecular flexibility index (Phi) is 4.26. The van der Waals surface area contributed by atoms with Crippen LogP contribution in [0.15, 0.2) is 24.3 Å². The normalized spacial score (nSPS) is 16.1. The monoisotopic (exact) mass is 234 g/mol. The summed E-state index contributed by atoms with van der Waals surface area (Å²) in [5, 5.41) is 0. The molecule has 3 nitrogen and oxygen atoms in total. The lowest BCUT2D eigenvalue weighted by atomic mass is 10.3. The van der Waals surface area contributed by atoms with Gasteiger partial charge in [-0.15, -0.1) is 0 Å². The molecule has 1 aromatic rings. The molecule has 0 N–H and O–H groups in total. The highest BCUT2D eigenvalue weighted by atomic mass is 16.5. The van der Waals surface area contributed by atoms with E-state index in [1.54, 1.807) is 0 Å². The van der Waals surface area contributed by atoms with Crippen LogP contribution < -0.4 is 9.64 Å². The fourth-order valence-corrected chi connectivity index (χ4v) is 2.15. The summed E-state index contributed by atoms with van der Waals surface area (Å²) < 4.78 is 5.79. The van der Waals surface area contributed by atoms with E-state index in [9.17, 15) is 0 Å². The first-order valence-electron chi connectivity index (χ1n) is 6.38. The average molecular weight is 234 g/mol. The van der Waals surface area contributed by atoms with Crippen molar-refractivity contribution in [3.05, 3.63) is 24.3 Å².